The fraction of sp³-hybridized carbons (Fsp3) is 0.391. The van der Waals surface area contributed by atoms with Gasteiger partial charge in [0.1, 0.15) is 6.04 Å². The van der Waals surface area contributed by atoms with Crippen LogP contribution in [0.4, 0.5) is 0 Å². The molecule has 3 unspecified atom stereocenters. The summed E-state index contributed by atoms with van der Waals surface area (Å²) in [6.45, 7) is 2.59. The van der Waals surface area contributed by atoms with Crippen molar-refractivity contribution < 1.29 is 24.5 Å². The van der Waals surface area contributed by atoms with E-state index in [4.69, 9.17) is 20.7 Å². The number of benzene rings is 1. The Balaban J connectivity index is 0.000000215. The van der Waals surface area contributed by atoms with Crippen LogP contribution in [-0.2, 0) is 20.9 Å². The molecule has 1 amide bonds. The quantitative estimate of drug-likeness (QED) is 0.467. The van der Waals surface area contributed by atoms with Crippen LogP contribution in [0, 0.1) is 11.8 Å². The highest BCUT2D eigenvalue weighted by Gasteiger charge is 2.61. The van der Waals surface area contributed by atoms with Crippen molar-refractivity contribution in [3.63, 3.8) is 0 Å². The van der Waals surface area contributed by atoms with E-state index in [1.807, 2.05) is 49.4 Å². The van der Waals surface area contributed by atoms with Crippen LogP contribution in [0.2, 0.25) is 0 Å². The number of piperidine rings is 1. The standard InChI is InChI=1S/C14H16O2.C9H14N2O3/c1-16-12-14-9-7-13(8-10-14)6-4-2-3-5-11-15;1-4-5-2-6(9(13)14)11(8(4)5)7(12)3-10/h2-11,15H,12H2,1H3;4-6,8H,2-3,10H2,1H3,(H,13,14)/b3-2-,6-4-,11-5+;/t;4-,5?,6?,8?/m.0/s1. The van der Waals surface area contributed by atoms with Crippen LogP contribution in [0.3, 0.4) is 0 Å². The molecule has 0 bridgehead atoms. The minimum Gasteiger partial charge on any atom is -0.516 e. The Morgan fingerprint density at radius 3 is 2.43 bits per heavy atom. The van der Waals surface area contributed by atoms with Gasteiger partial charge in [-0.05, 0) is 35.5 Å². The summed E-state index contributed by atoms with van der Waals surface area (Å²) in [4.78, 5) is 23.8. The van der Waals surface area contributed by atoms with Crippen LogP contribution in [0.25, 0.3) is 6.08 Å². The van der Waals surface area contributed by atoms with Crippen molar-refractivity contribution in [1.29, 1.82) is 0 Å². The van der Waals surface area contributed by atoms with Gasteiger partial charge in [-0.1, -0.05) is 55.5 Å². The molecule has 3 rings (SSSR count). The molecule has 1 heterocycles. The minimum absolute atomic E-state index is 0.0975. The first-order chi connectivity index (χ1) is 14.4. The first-order valence-electron chi connectivity index (χ1n) is 9.90. The lowest BCUT2D eigenvalue weighted by molar-refractivity contribution is -0.149. The van der Waals surface area contributed by atoms with E-state index in [0.29, 0.717) is 24.9 Å². The number of methoxy groups -OCH3 is 1. The Kier molecular flexibility index (Phi) is 8.83. The van der Waals surface area contributed by atoms with E-state index < -0.39 is 12.0 Å². The number of carboxylic acids is 1. The lowest BCUT2D eigenvalue weighted by atomic mass is 10.1. The van der Waals surface area contributed by atoms with Gasteiger partial charge >= 0.3 is 5.97 Å². The van der Waals surface area contributed by atoms with Crippen molar-refractivity contribution in [2.45, 2.75) is 32.0 Å². The smallest absolute Gasteiger partial charge is 0.326 e. The third kappa shape index (κ3) is 6.05. The highest BCUT2D eigenvalue weighted by Crippen LogP contribution is 2.52. The van der Waals surface area contributed by atoms with Gasteiger partial charge in [0.25, 0.3) is 0 Å². The van der Waals surface area contributed by atoms with Crippen molar-refractivity contribution in [2.75, 3.05) is 13.7 Å². The number of aliphatic hydroxyl groups excluding tert-OH is 1. The molecule has 30 heavy (non-hydrogen) atoms. The van der Waals surface area contributed by atoms with Gasteiger partial charge in [0.2, 0.25) is 5.91 Å². The Morgan fingerprint density at radius 1 is 1.20 bits per heavy atom. The van der Waals surface area contributed by atoms with E-state index in [2.05, 4.69) is 0 Å². The first kappa shape index (κ1) is 23.4. The fourth-order valence-electron chi connectivity index (χ4n) is 3.82. The average Bonchev–Trinajstić information content (AvgIpc) is 3.18. The SMILES string of the molecule is COCc1ccc(\C=C/C=C\C=C\O)cc1.C[C@H]1C2CC(C(=O)O)N(C(=O)CN)C21. The van der Waals surface area contributed by atoms with Crippen molar-refractivity contribution >= 4 is 18.0 Å². The van der Waals surface area contributed by atoms with E-state index in [9.17, 15) is 9.59 Å². The van der Waals surface area contributed by atoms with Crippen LogP contribution in [0.15, 0.2) is 54.8 Å². The molecule has 7 nitrogen and oxygen atoms in total. The Bertz CT molecular complexity index is 800. The molecule has 162 valence electrons. The number of hydrogen-bond acceptors (Lipinski definition) is 5. The molecule has 0 spiro atoms. The van der Waals surface area contributed by atoms with Crippen LogP contribution in [0.5, 0.6) is 0 Å². The molecule has 1 aliphatic carbocycles. The third-order valence-electron chi connectivity index (χ3n) is 5.41. The number of hydrogen-bond donors (Lipinski definition) is 3. The van der Waals surface area contributed by atoms with Gasteiger partial charge in [-0.25, -0.2) is 4.79 Å². The zero-order chi connectivity index (χ0) is 22.1. The lowest BCUT2D eigenvalue weighted by Crippen LogP contribution is -2.46. The summed E-state index contributed by atoms with van der Waals surface area (Å²) in [5, 5.41) is 17.3. The molecule has 4 N–H and O–H groups in total. The van der Waals surface area contributed by atoms with Gasteiger partial charge in [-0.3, -0.25) is 4.79 Å². The molecule has 1 saturated heterocycles. The average molecular weight is 415 g/mol. The fourth-order valence-corrected chi connectivity index (χ4v) is 3.82. The number of likely N-dealkylation sites (tertiary alicyclic amines) is 1. The maximum Gasteiger partial charge on any atom is 0.326 e. The van der Waals surface area contributed by atoms with Crippen LogP contribution < -0.4 is 5.73 Å². The predicted molar refractivity (Wildman–Crippen MR) is 115 cm³/mol. The molecule has 7 heteroatoms. The number of carbonyl (C=O) groups is 2. The maximum absolute atomic E-state index is 11.4. The third-order valence-corrected chi connectivity index (χ3v) is 5.41. The lowest BCUT2D eigenvalue weighted by Gasteiger charge is -2.24. The zero-order valence-electron chi connectivity index (χ0n) is 17.3. The van der Waals surface area contributed by atoms with Gasteiger partial charge < -0.3 is 25.6 Å². The second-order valence-corrected chi connectivity index (χ2v) is 7.37. The number of carboxylic acid groups (broad SMARTS) is 1. The predicted octanol–water partition coefficient (Wildman–Crippen LogP) is 2.74. The molecule has 2 fully saturated rings. The summed E-state index contributed by atoms with van der Waals surface area (Å²) < 4.78 is 5.03. The van der Waals surface area contributed by atoms with Gasteiger partial charge in [0.05, 0.1) is 19.4 Å². The molecule has 4 atom stereocenters. The maximum atomic E-state index is 11.4. The van der Waals surface area contributed by atoms with Crippen LogP contribution in [0.1, 0.15) is 24.5 Å². The molecule has 1 saturated carbocycles. The largest absolute Gasteiger partial charge is 0.516 e. The number of aliphatic hydroxyl groups is 1. The Morgan fingerprint density at radius 2 is 1.87 bits per heavy atom. The molecular weight excluding hydrogens is 384 g/mol. The number of fused-ring (bicyclic) bond motifs is 1. The normalized spacial score (nSPS) is 24.8. The number of nitrogens with zero attached hydrogens (tertiary/aromatic N) is 1. The highest BCUT2D eigenvalue weighted by molar-refractivity contribution is 5.86. The van der Waals surface area contributed by atoms with Crippen molar-refractivity contribution in [3.8, 4) is 0 Å². The summed E-state index contributed by atoms with van der Waals surface area (Å²) in [5.41, 5.74) is 7.56. The van der Waals surface area contributed by atoms with E-state index in [1.54, 1.807) is 19.3 Å². The second-order valence-electron chi connectivity index (χ2n) is 7.37. The van der Waals surface area contributed by atoms with Gasteiger partial charge in [-0.15, -0.1) is 0 Å². The summed E-state index contributed by atoms with van der Waals surface area (Å²) in [6, 6.07) is 7.66. The molecule has 1 aliphatic heterocycles. The minimum atomic E-state index is -0.911. The number of aliphatic carboxylic acids is 1. The van der Waals surface area contributed by atoms with Crippen LogP contribution >= 0.6 is 0 Å². The molecule has 0 aromatic heterocycles. The molecule has 1 aromatic rings. The van der Waals surface area contributed by atoms with Gasteiger partial charge in [0.15, 0.2) is 0 Å². The van der Waals surface area contributed by atoms with E-state index in [1.165, 1.54) is 10.5 Å². The summed E-state index contributed by atoms with van der Waals surface area (Å²) in [6.07, 6.45) is 10.7. The first-order valence-corrected chi connectivity index (χ1v) is 9.90. The van der Waals surface area contributed by atoms with Crippen LogP contribution in [-0.4, -0.2) is 52.7 Å². The van der Waals surface area contributed by atoms with Gasteiger partial charge in [-0.2, -0.15) is 0 Å². The van der Waals surface area contributed by atoms with E-state index in [-0.39, 0.29) is 18.5 Å². The molecular formula is C23H30N2O5. The number of allylic oxidation sites excluding steroid dienone is 4. The van der Waals surface area contributed by atoms with Crippen molar-refractivity contribution in [2.24, 2.45) is 17.6 Å². The summed E-state index contributed by atoms with van der Waals surface area (Å²) >= 11 is 0. The van der Waals surface area contributed by atoms with E-state index >= 15 is 0 Å². The Labute approximate surface area is 177 Å². The van der Waals surface area contributed by atoms with E-state index in [0.717, 1.165) is 11.8 Å². The van der Waals surface area contributed by atoms with Crippen molar-refractivity contribution in [3.05, 3.63) is 66.0 Å². The molecule has 1 aromatic carbocycles. The number of rotatable bonds is 7. The van der Waals surface area contributed by atoms with Gasteiger partial charge in [0, 0.05) is 13.2 Å². The highest BCUT2D eigenvalue weighted by atomic mass is 16.5. The zero-order valence-corrected chi connectivity index (χ0v) is 17.3. The summed E-state index contributed by atoms with van der Waals surface area (Å²) in [5.74, 6) is -0.326. The monoisotopic (exact) mass is 414 g/mol. The number of carbonyl (C=O) groups excluding carboxylic acids is 1. The molecule has 0 radical (unpaired) electrons. The van der Waals surface area contributed by atoms with Crippen molar-refractivity contribution in [1.82, 2.24) is 4.90 Å². The Hall–Kier alpha value is -2.90. The number of ether oxygens (including phenoxy) is 1. The second kappa shape index (κ2) is 11.3. The number of nitrogens with two attached hydrogens (primary N) is 1. The molecule has 2 aliphatic rings. The number of amides is 1. The summed E-state index contributed by atoms with van der Waals surface area (Å²) in [7, 11) is 1.69. The topological polar surface area (TPSA) is 113 Å².